The second kappa shape index (κ2) is 18.5. The zero-order valence-corrected chi connectivity index (χ0v) is 29.5. The molecule has 1 aliphatic rings. The van der Waals surface area contributed by atoms with Crippen molar-refractivity contribution in [2.45, 2.75) is 19.6 Å². The first-order valence-electron chi connectivity index (χ1n) is 17.0. The second-order valence-electron chi connectivity index (χ2n) is 12.1. The Morgan fingerprint density at radius 1 is 0.679 bits per heavy atom. The predicted octanol–water partition coefficient (Wildman–Crippen LogP) is 6.62. The van der Waals surface area contributed by atoms with Gasteiger partial charge in [-0.1, -0.05) is 12.1 Å². The molecule has 0 aliphatic carbocycles. The van der Waals surface area contributed by atoms with E-state index in [0.717, 1.165) is 11.6 Å². The molecule has 1 saturated heterocycles. The van der Waals surface area contributed by atoms with Crippen LogP contribution in [0.4, 0.5) is 40.3 Å². The highest BCUT2D eigenvalue weighted by Gasteiger charge is 2.17. The van der Waals surface area contributed by atoms with Gasteiger partial charge in [0.25, 0.3) is 12.9 Å². The summed E-state index contributed by atoms with van der Waals surface area (Å²) in [7, 11) is 0. The average Bonchev–Trinajstić information content (AvgIpc) is 3.21. The molecule has 0 spiro atoms. The van der Waals surface area contributed by atoms with Gasteiger partial charge in [-0.25, -0.2) is 9.59 Å². The Morgan fingerprint density at radius 3 is 1.77 bits per heavy atom. The monoisotopic (exact) mass is 759 g/mol. The van der Waals surface area contributed by atoms with Gasteiger partial charge >= 0.3 is 11.9 Å². The molecule has 56 heavy (non-hydrogen) atoms. The number of carbonyl (C=O) groups excluding carboxylic acids is 2. The highest BCUT2D eigenvalue weighted by Crippen LogP contribution is 2.26. The Bertz CT molecular complexity index is 2200. The zero-order valence-electron chi connectivity index (χ0n) is 29.5. The van der Waals surface area contributed by atoms with Crippen molar-refractivity contribution in [1.29, 1.82) is 0 Å². The van der Waals surface area contributed by atoms with E-state index in [0.29, 0.717) is 97.3 Å². The molecule has 0 atom stereocenters. The van der Waals surface area contributed by atoms with E-state index < -0.39 is 11.9 Å². The molecular formula is C38H33N9O9. The van der Waals surface area contributed by atoms with Crippen LogP contribution in [0.25, 0.3) is 0 Å². The Kier molecular flexibility index (Phi) is 12.7. The van der Waals surface area contributed by atoms with Crippen LogP contribution in [0.15, 0.2) is 105 Å². The van der Waals surface area contributed by atoms with Crippen molar-refractivity contribution < 1.29 is 43.6 Å². The molecule has 1 fully saturated rings. The van der Waals surface area contributed by atoms with E-state index in [4.69, 9.17) is 19.2 Å². The molecule has 0 saturated carbocycles. The summed E-state index contributed by atoms with van der Waals surface area (Å²) in [5.74, 6) is -1.22. The van der Waals surface area contributed by atoms with Gasteiger partial charge in [0.1, 0.15) is 19.0 Å². The van der Waals surface area contributed by atoms with E-state index >= 15 is 0 Å². The number of nitrogens with zero attached hydrogens (tertiary/aromatic N) is 8. The summed E-state index contributed by atoms with van der Waals surface area (Å²) in [6.07, 6.45) is 0.386. The van der Waals surface area contributed by atoms with Gasteiger partial charge < -0.3 is 34.6 Å². The van der Waals surface area contributed by atoms with E-state index in [1.165, 1.54) is 12.1 Å². The van der Waals surface area contributed by atoms with Crippen LogP contribution in [0.1, 0.15) is 43.2 Å². The number of carboxylic acid groups (broad SMARTS) is 2. The lowest BCUT2D eigenvalue weighted by Crippen LogP contribution is -2.37. The van der Waals surface area contributed by atoms with Crippen LogP contribution in [0.3, 0.4) is 0 Å². The fraction of sp³-hybridized carbons (Fsp3) is 0.184. The lowest BCUT2D eigenvalue weighted by atomic mass is 10.1. The number of carboxylic acids is 2. The van der Waals surface area contributed by atoms with E-state index in [9.17, 15) is 29.4 Å². The summed E-state index contributed by atoms with van der Waals surface area (Å²) in [5, 5.41) is 38.7. The third kappa shape index (κ3) is 10.8. The number of anilines is 3. The molecule has 5 aromatic rings. The molecule has 284 valence electrons. The maximum absolute atomic E-state index is 11.4. The van der Waals surface area contributed by atoms with Crippen LogP contribution in [-0.2, 0) is 43.4 Å². The minimum absolute atomic E-state index is 0.0320. The number of aromatic nitrogens is 3. The SMILES string of the molecule is O=COCc1cc(COC=O)cc(N=Nc2ccc(Cc3nc(Nc4ccc(N=Nc5cc(C(=O)O)cc(C(=O)O)c5)cc4)nc(N4CCOCC4)n3)cc2)c1. The van der Waals surface area contributed by atoms with Crippen molar-refractivity contribution in [2.24, 2.45) is 20.5 Å². The molecule has 0 amide bonds. The average molecular weight is 760 g/mol. The predicted molar refractivity (Wildman–Crippen MR) is 199 cm³/mol. The first-order valence-corrected chi connectivity index (χ1v) is 17.0. The number of morpholine rings is 1. The zero-order chi connectivity index (χ0) is 39.3. The first kappa shape index (κ1) is 38.3. The van der Waals surface area contributed by atoms with E-state index in [2.05, 4.69) is 35.7 Å². The van der Waals surface area contributed by atoms with E-state index in [1.807, 2.05) is 29.2 Å². The number of ether oxygens (including phenoxy) is 3. The van der Waals surface area contributed by atoms with Crippen LogP contribution >= 0.6 is 0 Å². The van der Waals surface area contributed by atoms with Gasteiger partial charge in [0, 0.05) is 25.2 Å². The number of rotatable bonds is 17. The van der Waals surface area contributed by atoms with Gasteiger partial charge in [-0.15, -0.1) is 0 Å². The molecule has 2 heterocycles. The van der Waals surface area contributed by atoms with Crippen molar-refractivity contribution in [3.05, 3.63) is 119 Å². The molecule has 0 radical (unpaired) electrons. The summed E-state index contributed by atoms with van der Waals surface area (Å²) >= 11 is 0. The minimum atomic E-state index is -1.28. The minimum Gasteiger partial charge on any atom is -0.478 e. The number of hydrogen-bond donors (Lipinski definition) is 3. The molecule has 4 aromatic carbocycles. The summed E-state index contributed by atoms with van der Waals surface area (Å²) in [6, 6.07) is 22.9. The first-order chi connectivity index (χ1) is 27.2. The summed E-state index contributed by atoms with van der Waals surface area (Å²) in [6.45, 7) is 3.07. The largest absolute Gasteiger partial charge is 0.478 e. The Labute approximate surface area is 318 Å². The molecule has 1 aliphatic heterocycles. The van der Waals surface area contributed by atoms with Crippen LogP contribution in [0, 0.1) is 0 Å². The smallest absolute Gasteiger partial charge is 0.335 e. The van der Waals surface area contributed by atoms with Crippen molar-refractivity contribution in [2.75, 3.05) is 36.5 Å². The third-order valence-electron chi connectivity index (χ3n) is 8.03. The van der Waals surface area contributed by atoms with Crippen LogP contribution < -0.4 is 10.2 Å². The standard InChI is InChI=1S/C38H33N9O9/c48-22-55-20-25-13-26(21-56-23-49)15-32(14-25)45-43-30-3-1-24(2-4-30)16-34-40-37(42-38(41-34)47-9-11-54-12-10-47)39-29-5-7-31(8-6-29)44-46-33-18-27(35(50)51)17-28(19-33)36(52)53/h1-8,13-15,17-19,22-23H,9-12,16,20-21H2,(H,50,51)(H,52,53)(H,39,40,41,42). The highest BCUT2D eigenvalue weighted by atomic mass is 16.5. The molecule has 1 aromatic heterocycles. The molecule has 0 unspecified atom stereocenters. The fourth-order valence-corrected chi connectivity index (χ4v) is 5.43. The van der Waals surface area contributed by atoms with Crippen molar-refractivity contribution in [1.82, 2.24) is 15.0 Å². The van der Waals surface area contributed by atoms with Gasteiger partial charge in [-0.2, -0.15) is 35.4 Å². The van der Waals surface area contributed by atoms with Gasteiger partial charge in [0.2, 0.25) is 11.9 Å². The number of carbonyl (C=O) groups is 4. The number of azo groups is 2. The summed E-state index contributed by atoms with van der Waals surface area (Å²) in [4.78, 5) is 60.3. The number of hydrogen-bond acceptors (Lipinski definition) is 16. The normalized spacial score (nSPS) is 12.8. The van der Waals surface area contributed by atoms with Crippen LogP contribution in [0.5, 0.6) is 0 Å². The molecule has 18 nitrogen and oxygen atoms in total. The lowest BCUT2D eigenvalue weighted by Gasteiger charge is -2.27. The lowest BCUT2D eigenvalue weighted by molar-refractivity contribution is -0.130. The van der Waals surface area contributed by atoms with E-state index in [1.54, 1.807) is 42.5 Å². The van der Waals surface area contributed by atoms with Crippen molar-refractivity contribution in [3.8, 4) is 0 Å². The Balaban J connectivity index is 1.16. The summed E-state index contributed by atoms with van der Waals surface area (Å²) in [5.41, 5.74) is 4.05. The summed E-state index contributed by atoms with van der Waals surface area (Å²) < 4.78 is 15.2. The molecule has 6 rings (SSSR count). The van der Waals surface area contributed by atoms with Gasteiger partial charge in [-0.05, 0) is 89.5 Å². The van der Waals surface area contributed by atoms with Crippen LogP contribution in [-0.4, -0.2) is 76.4 Å². The fourth-order valence-electron chi connectivity index (χ4n) is 5.43. The number of benzene rings is 4. The van der Waals surface area contributed by atoms with Gasteiger partial charge in [-0.3, -0.25) is 9.59 Å². The van der Waals surface area contributed by atoms with Gasteiger partial charge in [0.05, 0.1) is 47.1 Å². The molecular weight excluding hydrogens is 726 g/mol. The van der Waals surface area contributed by atoms with Crippen molar-refractivity contribution in [3.63, 3.8) is 0 Å². The van der Waals surface area contributed by atoms with Crippen molar-refractivity contribution >= 4 is 65.2 Å². The quantitative estimate of drug-likeness (QED) is 0.0667. The topological polar surface area (TPSA) is 240 Å². The number of nitrogens with one attached hydrogen (secondary N) is 1. The van der Waals surface area contributed by atoms with Gasteiger partial charge in [0.15, 0.2) is 0 Å². The maximum Gasteiger partial charge on any atom is 0.335 e. The van der Waals surface area contributed by atoms with Crippen LogP contribution in [0.2, 0.25) is 0 Å². The number of aromatic carboxylic acids is 2. The molecule has 0 bridgehead atoms. The Hall–Kier alpha value is -7.47. The highest BCUT2D eigenvalue weighted by molar-refractivity contribution is 5.95. The third-order valence-corrected chi connectivity index (χ3v) is 8.03. The molecule has 3 N–H and O–H groups in total. The molecule has 18 heteroatoms. The maximum atomic E-state index is 11.4. The Morgan fingerprint density at radius 2 is 1.21 bits per heavy atom. The van der Waals surface area contributed by atoms with E-state index in [-0.39, 0.29) is 30.0 Å². The second-order valence-corrected chi connectivity index (χ2v) is 12.1.